The lowest BCUT2D eigenvalue weighted by Gasteiger charge is -2.35. The van der Waals surface area contributed by atoms with Gasteiger partial charge in [0.15, 0.2) is 5.78 Å². The van der Waals surface area contributed by atoms with Crippen LogP contribution in [-0.4, -0.2) is 24.0 Å². The van der Waals surface area contributed by atoms with Crippen molar-refractivity contribution in [1.29, 1.82) is 0 Å². The molecular formula is C24H19NO2S. The van der Waals surface area contributed by atoms with Gasteiger partial charge in [-0.15, -0.1) is 11.8 Å². The predicted molar refractivity (Wildman–Crippen MR) is 114 cm³/mol. The summed E-state index contributed by atoms with van der Waals surface area (Å²) in [6.07, 6.45) is 3.77. The Morgan fingerprint density at radius 2 is 1.71 bits per heavy atom. The number of para-hydroxylation sites is 1. The first-order valence-electron chi connectivity index (χ1n) is 9.35. The molecule has 2 aliphatic rings. The SMILES string of the molecule is CN1C(=O)[C@@]2(C=CC(=O)C[C@H]2Sc2ccc3ccccc3c2)c2ccccc21. The molecule has 0 aromatic heterocycles. The molecule has 28 heavy (non-hydrogen) atoms. The molecule has 4 heteroatoms. The summed E-state index contributed by atoms with van der Waals surface area (Å²) < 4.78 is 0. The van der Waals surface area contributed by atoms with Gasteiger partial charge in [-0.2, -0.15) is 0 Å². The molecular weight excluding hydrogens is 366 g/mol. The van der Waals surface area contributed by atoms with Crippen molar-refractivity contribution in [2.45, 2.75) is 22.0 Å². The van der Waals surface area contributed by atoms with E-state index in [4.69, 9.17) is 0 Å². The Bertz CT molecular complexity index is 1150. The number of fused-ring (bicyclic) bond motifs is 3. The first kappa shape index (κ1) is 17.3. The van der Waals surface area contributed by atoms with Crippen LogP contribution in [0, 0.1) is 0 Å². The van der Waals surface area contributed by atoms with Crippen molar-refractivity contribution in [2.24, 2.45) is 0 Å². The fourth-order valence-corrected chi connectivity index (χ4v) is 5.78. The quantitative estimate of drug-likeness (QED) is 0.639. The van der Waals surface area contributed by atoms with Crippen molar-refractivity contribution >= 4 is 39.9 Å². The Hall–Kier alpha value is -2.85. The number of rotatable bonds is 2. The van der Waals surface area contributed by atoms with Crippen molar-refractivity contribution < 1.29 is 9.59 Å². The standard InChI is InChI=1S/C24H19NO2S/c1-25-21-9-5-4-8-20(21)24(23(25)27)13-12-18(26)15-22(24)28-19-11-10-16-6-2-3-7-17(16)14-19/h2-14,22H,15H2,1H3/t22-,24+/m1/s1. The van der Waals surface area contributed by atoms with Gasteiger partial charge in [0.05, 0.1) is 0 Å². The normalized spacial score (nSPS) is 23.6. The number of hydrogen-bond acceptors (Lipinski definition) is 3. The minimum atomic E-state index is -0.796. The van der Waals surface area contributed by atoms with E-state index in [1.54, 1.807) is 22.7 Å². The molecule has 0 radical (unpaired) electrons. The van der Waals surface area contributed by atoms with Gasteiger partial charge in [-0.1, -0.05) is 54.6 Å². The molecule has 0 fully saturated rings. The summed E-state index contributed by atoms with van der Waals surface area (Å²) in [5.41, 5.74) is 1.12. The van der Waals surface area contributed by atoms with Crippen molar-refractivity contribution in [2.75, 3.05) is 11.9 Å². The summed E-state index contributed by atoms with van der Waals surface area (Å²) in [5.74, 6) is 0.111. The van der Waals surface area contributed by atoms with Gasteiger partial charge in [-0.25, -0.2) is 0 Å². The topological polar surface area (TPSA) is 37.4 Å². The average Bonchev–Trinajstić information content (AvgIpc) is 2.93. The average molecular weight is 385 g/mol. The molecule has 1 aliphatic heterocycles. The zero-order valence-electron chi connectivity index (χ0n) is 15.5. The second kappa shape index (κ2) is 6.35. The van der Waals surface area contributed by atoms with Crippen LogP contribution in [0.5, 0.6) is 0 Å². The van der Waals surface area contributed by atoms with Crippen LogP contribution in [0.4, 0.5) is 5.69 Å². The van der Waals surface area contributed by atoms with Gasteiger partial charge < -0.3 is 4.90 Å². The van der Waals surface area contributed by atoms with E-state index in [9.17, 15) is 9.59 Å². The minimum Gasteiger partial charge on any atom is -0.314 e. The number of carbonyl (C=O) groups is 2. The number of thioether (sulfide) groups is 1. The fourth-order valence-electron chi connectivity index (χ4n) is 4.37. The van der Waals surface area contributed by atoms with Crippen molar-refractivity contribution in [3.63, 3.8) is 0 Å². The highest BCUT2D eigenvalue weighted by atomic mass is 32.2. The van der Waals surface area contributed by atoms with E-state index in [-0.39, 0.29) is 16.9 Å². The number of ketones is 1. The molecule has 3 aromatic rings. The Morgan fingerprint density at radius 1 is 0.964 bits per heavy atom. The van der Waals surface area contributed by atoms with Crippen molar-refractivity contribution in [1.82, 2.24) is 0 Å². The smallest absolute Gasteiger partial charge is 0.242 e. The van der Waals surface area contributed by atoms with E-state index in [0.29, 0.717) is 6.42 Å². The van der Waals surface area contributed by atoms with E-state index >= 15 is 0 Å². The van der Waals surface area contributed by atoms with Gasteiger partial charge in [0, 0.05) is 29.3 Å². The number of likely N-dealkylation sites (N-methyl/N-ethyl adjacent to an activating group) is 1. The highest BCUT2D eigenvalue weighted by Crippen LogP contribution is 2.51. The van der Waals surface area contributed by atoms with Crippen LogP contribution in [0.1, 0.15) is 12.0 Å². The van der Waals surface area contributed by atoms with Crippen molar-refractivity contribution in [3.05, 3.63) is 84.4 Å². The van der Waals surface area contributed by atoms with Crippen LogP contribution in [0.15, 0.2) is 83.8 Å². The van der Waals surface area contributed by atoms with Crippen LogP contribution in [0.2, 0.25) is 0 Å². The Morgan fingerprint density at radius 3 is 2.57 bits per heavy atom. The molecule has 138 valence electrons. The number of amides is 1. The highest BCUT2D eigenvalue weighted by Gasteiger charge is 2.55. The Balaban J connectivity index is 1.62. The molecule has 1 spiro atoms. The summed E-state index contributed by atoms with van der Waals surface area (Å²) in [6, 6.07) is 22.5. The fraction of sp³-hybridized carbons (Fsp3) is 0.167. The Labute approximate surface area is 168 Å². The molecule has 5 rings (SSSR count). The number of allylic oxidation sites excluding steroid dienone is 1. The number of benzene rings is 3. The van der Waals surface area contributed by atoms with E-state index in [0.717, 1.165) is 21.5 Å². The summed E-state index contributed by atoms with van der Waals surface area (Å²) in [4.78, 5) is 28.5. The van der Waals surface area contributed by atoms with Crippen LogP contribution < -0.4 is 4.90 Å². The predicted octanol–water partition coefficient (Wildman–Crippen LogP) is 4.74. The lowest BCUT2D eigenvalue weighted by Crippen LogP contribution is -2.47. The largest absolute Gasteiger partial charge is 0.314 e. The van der Waals surface area contributed by atoms with Gasteiger partial charge in [0.2, 0.25) is 5.91 Å². The summed E-state index contributed by atoms with van der Waals surface area (Å²) in [5, 5.41) is 2.17. The second-order valence-electron chi connectivity index (χ2n) is 7.37. The molecule has 0 N–H and O–H groups in total. The third-order valence-corrected chi connectivity index (χ3v) is 7.14. The lowest BCUT2D eigenvalue weighted by atomic mass is 9.73. The van der Waals surface area contributed by atoms with Gasteiger partial charge in [0.25, 0.3) is 0 Å². The van der Waals surface area contributed by atoms with Gasteiger partial charge in [-0.05, 0) is 40.6 Å². The maximum atomic E-state index is 13.4. The Kier molecular flexibility index (Phi) is 3.91. The van der Waals surface area contributed by atoms with E-state index in [1.165, 1.54) is 5.39 Å². The molecule has 0 bridgehead atoms. The van der Waals surface area contributed by atoms with Crippen molar-refractivity contribution in [3.8, 4) is 0 Å². The second-order valence-corrected chi connectivity index (χ2v) is 8.65. The molecule has 1 amide bonds. The van der Waals surface area contributed by atoms with Crippen LogP contribution in [0.25, 0.3) is 10.8 Å². The van der Waals surface area contributed by atoms with Crippen LogP contribution >= 0.6 is 11.8 Å². The minimum absolute atomic E-state index is 0.0377. The summed E-state index contributed by atoms with van der Waals surface area (Å²) in [7, 11) is 1.82. The van der Waals surface area contributed by atoms with E-state index in [2.05, 4.69) is 30.3 Å². The lowest BCUT2D eigenvalue weighted by molar-refractivity contribution is -0.122. The summed E-state index contributed by atoms with van der Waals surface area (Å²) in [6.45, 7) is 0. The number of carbonyl (C=O) groups excluding carboxylic acids is 2. The van der Waals surface area contributed by atoms with Gasteiger partial charge >= 0.3 is 0 Å². The highest BCUT2D eigenvalue weighted by molar-refractivity contribution is 8.00. The molecule has 1 aliphatic carbocycles. The molecule has 0 saturated heterocycles. The third kappa shape index (κ3) is 2.45. The molecule has 2 atom stereocenters. The first-order valence-corrected chi connectivity index (χ1v) is 10.2. The number of hydrogen-bond donors (Lipinski definition) is 0. The molecule has 1 heterocycles. The van der Waals surface area contributed by atoms with Crippen LogP contribution in [-0.2, 0) is 15.0 Å². The maximum Gasteiger partial charge on any atom is 0.242 e. The number of nitrogens with zero attached hydrogens (tertiary/aromatic N) is 1. The van der Waals surface area contributed by atoms with Gasteiger partial charge in [0.1, 0.15) is 5.41 Å². The van der Waals surface area contributed by atoms with E-state index in [1.807, 2.05) is 49.5 Å². The van der Waals surface area contributed by atoms with Gasteiger partial charge in [-0.3, -0.25) is 9.59 Å². The molecule has 0 unspecified atom stereocenters. The van der Waals surface area contributed by atoms with E-state index < -0.39 is 5.41 Å². The van der Waals surface area contributed by atoms with Crippen LogP contribution in [0.3, 0.4) is 0 Å². The molecule has 0 saturated carbocycles. The zero-order valence-corrected chi connectivity index (χ0v) is 16.3. The number of anilines is 1. The zero-order chi connectivity index (χ0) is 19.3. The maximum absolute atomic E-state index is 13.4. The summed E-state index contributed by atoms with van der Waals surface area (Å²) >= 11 is 1.63. The first-order chi connectivity index (χ1) is 13.6. The molecule has 3 nitrogen and oxygen atoms in total. The third-order valence-electron chi connectivity index (χ3n) is 5.80. The molecule has 3 aromatic carbocycles. The monoisotopic (exact) mass is 385 g/mol.